The smallest absolute Gasteiger partial charge is 0.406 e. The Hall–Kier alpha value is -3.61. The van der Waals surface area contributed by atoms with Gasteiger partial charge in [-0.05, 0) is 41.5 Å². The lowest BCUT2D eigenvalue weighted by Gasteiger charge is -2.45. The average Bonchev–Trinajstić information content (AvgIpc) is 2.83. The molecule has 0 bridgehead atoms. The van der Waals surface area contributed by atoms with Gasteiger partial charge in [0.25, 0.3) is 0 Å². The molecule has 1 N–H and O–H groups in total. The number of fused-ring (bicyclic) bond motifs is 1. The molecule has 0 aromatic heterocycles. The number of aliphatic hydroxyl groups excluding tert-OH is 1. The first kappa shape index (κ1) is 28.4. The number of β-amino-alcohol motifs (C(OH)–C–C–N with tert-alkyl or cyclic N) is 1. The summed E-state index contributed by atoms with van der Waals surface area (Å²) in [6.45, 7) is -1.17. The molecule has 1 aliphatic rings. The third-order valence-electron chi connectivity index (χ3n) is 6.13. The average molecular weight is 564 g/mol. The molecule has 0 amide bonds. The van der Waals surface area contributed by atoms with Crippen molar-refractivity contribution in [3.63, 3.8) is 0 Å². The summed E-state index contributed by atoms with van der Waals surface area (Å²) >= 11 is 0. The van der Waals surface area contributed by atoms with E-state index in [1.165, 1.54) is 17.0 Å². The van der Waals surface area contributed by atoms with Gasteiger partial charge >= 0.3 is 18.7 Å². The number of hydrogen-bond acceptors (Lipinski definition) is 4. The fourth-order valence-corrected chi connectivity index (χ4v) is 4.50. The Bertz CT molecular complexity index is 1280. The Morgan fingerprint density at radius 2 is 1.44 bits per heavy atom. The van der Waals surface area contributed by atoms with Crippen LogP contribution in [-0.2, 0) is 12.7 Å². The third-order valence-corrected chi connectivity index (χ3v) is 6.13. The lowest BCUT2D eigenvalue weighted by atomic mass is 9.98. The van der Waals surface area contributed by atoms with Crippen LogP contribution in [0.4, 0.5) is 50.9 Å². The number of anilines is 2. The topological polar surface area (TPSA) is 35.9 Å². The maximum absolute atomic E-state index is 13.5. The first-order valence-electron chi connectivity index (χ1n) is 11.5. The molecule has 2 atom stereocenters. The van der Waals surface area contributed by atoms with Crippen LogP contribution in [0.15, 0.2) is 72.8 Å². The fraction of sp³-hybridized carbons (Fsp3) is 0.308. The van der Waals surface area contributed by atoms with E-state index >= 15 is 0 Å². The van der Waals surface area contributed by atoms with Gasteiger partial charge in [-0.25, -0.2) is 0 Å². The van der Waals surface area contributed by atoms with Gasteiger partial charge in [-0.1, -0.05) is 42.5 Å². The molecule has 39 heavy (non-hydrogen) atoms. The van der Waals surface area contributed by atoms with E-state index in [-0.39, 0.29) is 30.4 Å². The predicted octanol–water partition coefficient (Wildman–Crippen LogP) is 7.10. The maximum atomic E-state index is 13.5. The lowest BCUT2D eigenvalue weighted by Crippen LogP contribution is -2.49. The number of hydrogen-bond donors (Lipinski definition) is 1. The van der Waals surface area contributed by atoms with Gasteiger partial charge in [0.2, 0.25) is 0 Å². The molecule has 0 unspecified atom stereocenters. The van der Waals surface area contributed by atoms with Gasteiger partial charge in [0.05, 0.1) is 29.5 Å². The number of halogens is 9. The second-order valence-corrected chi connectivity index (χ2v) is 8.92. The number of para-hydroxylation sites is 2. The summed E-state index contributed by atoms with van der Waals surface area (Å²) in [5, 5.41) is 9.87. The first-order valence-corrected chi connectivity index (χ1v) is 11.5. The molecule has 0 saturated heterocycles. The number of ether oxygens (including phenoxy) is 1. The Balaban J connectivity index is 1.77. The standard InChI is InChI=1S/C26H21F9N2O2/c27-24(28,29)18-10-16(11-19(12-18)39-26(33,34)35)13-36-14-22(17-6-2-1-3-7-17)37(15-23(38)25(30,31)32)21-9-5-4-8-20(21)36/h1-12,22-23,38H,13-15H2/t22-,23+/m0/s1. The molecule has 4 nitrogen and oxygen atoms in total. The van der Waals surface area contributed by atoms with Crippen LogP contribution in [0.3, 0.4) is 0 Å². The Kier molecular flexibility index (Phi) is 7.66. The molecular formula is C26H21F9N2O2. The van der Waals surface area contributed by atoms with Crippen LogP contribution in [0.5, 0.6) is 5.75 Å². The summed E-state index contributed by atoms with van der Waals surface area (Å²) in [5.74, 6) is -1.05. The van der Waals surface area contributed by atoms with Gasteiger partial charge in [0.1, 0.15) is 5.75 Å². The molecule has 1 heterocycles. The largest absolute Gasteiger partial charge is 0.573 e. The molecular weight excluding hydrogens is 543 g/mol. The molecule has 1 aliphatic heterocycles. The van der Waals surface area contributed by atoms with Crippen LogP contribution in [0.25, 0.3) is 0 Å². The van der Waals surface area contributed by atoms with Crippen molar-refractivity contribution >= 4 is 11.4 Å². The van der Waals surface area contributed by atoms with E-state index in [0.29, 0.717) is 17.3 Å². The minimum absolute atomic E-state index is 0.0443. The van der Waals surface area contributed by atoms with Crippen molar-refractivity contribution in [3.05, 3.63) is 89.5 Å². The molecule has 0 spiro atoms. The summed E-state index contributed by atoms with van der Waals surface area (Å²) in [5.41, 5.74) is -0.348. The van der Waals surface area contributed by atoms with E-state index in [1.54, 1.807) is 47.4 Å². The SMILES string of the molecule is O[C@H](CN1c2ccccc2N(Cc2cc(OC(F)(F)F)cc(C(F)(F)F)c2)C[C@H]1c1ccccc1)C(F)(F)F. The quantitative estimate of drug-likeness (QED) is 0.324. The Morgan fingerprint density at radius 3 is 2.03 bits per heavy atom. The minimum Gasteiger partial charge on any atom is -0.406 e. The van der Waals surface area contributed by atoms with E-state index in [1.807, 2.05) is 0 Å². The van der Waals surface area contributed by atoms with Gasteiger partial charge in [0.15, 0.2) is 6.10 Å². The first-order chi connectivity index (χ1) is 18.1. The summed E-state index contributed by atoms with van der Waals surface area (Å²) in [6.07, 6.45) is -17.8. The van der Waals surface area contributed by atoms with Gasteiger partial charge in [-0.3, -0.25) is 0 Å². The lowest BCUT2D eigenvalue weighted by molar-refractivity contribution is -0.274. The van der Waals surface area contributed by atoms with Crippen LogP contribution < -0.4 is 14.5 Å². The Labute approximate surface area is 216 Å². The van der Waals surface area contributed by atoms with Crippen LogP contribution in [-0.4, -0.2) is 36.8 Å². The number of alkyl halides is 9. The molecule has 4 rings (SSSR count). The number of nitrogens with zero attached hydrogens (tertiary/aromatic N) is 2. The van der Waals surface area contributed by atoms with E-state index in [9.17, 15) is 44.6 Å². The highest BCUT2D eigenvalue weighted by Crippen LogP contribution is 2.43. The summed E-state index contributed by atoms with van der Waals surface area (Å²) in [4.78, 5) is 2.93. The second kappa shape index (κ2) is 10.5. The fourth-order valence-electron chi connectivity index (χ4n) is 4.50. The summed E-state index contributed by atoms with van der Waals surface area (Å²) in [6, 6.07) is 15.5. The number of rotatable bonds is 6. The zero-order valence-electron chi connectivity index (χ0n) is 19.9. The van der Waals surface area contributed by atoms with Crippen molar-refractivity contribution in [3.8, 4) is 5.75 Å². The molecule has 13 heteroatoms. The molecule has 0 fully saturated rings. The van der Waals surface area contributed by atoms with Crippen molar-refractivity contribution < 1.29 is 49.4 Å². The van der Waals surface area contributed by atoms with Crippen LogP contribution >= 0.6 is 0 Å². The van der Waals surface area contributed by atoms with Crippen LogP contribution in [0.1, 0.15) is 22.7 Å². The zero-order valence-corrected chi connectivity index (χ0v) is 19.9. The molecule has 210 valence electrons. The van der Waals surface area contributed by atoms with Gasteiger partial charge < -0.3 is 19.6 Å². The monoisotopic (exact) mass is 564 g/mol. The molecule has 3 aromatic rings. The second-order valence-electron chi connectivity index (χ2n) is 8.92. The zero-order chi connectivity index (χ0) is 28.6. The van der Waals surface area contributed by atoms with Crippen molar-refractivity contribution in [2.24, 2.45) is 0 Å². The van der Waals surface area contributed by atoms with Crippen molar-refractivity contribution in [1.82, 2.24) is 0 Å². The van der Waals surface area contributed by atoms with E-state index in [0.717, 1.165) is 6.07 Å². The van der Waals surface area contributed by atoms with Gasteiger partial charge in [-0.15, -0.1) is 13.2 Å². The van der Waals surface area contributed by atoms with Crippen molar-refractivity contribution in [2.45, 2.75) is 37.4 Å². The molecule has 0 aliphatic carbocycles. The Morgan fingerprint density at radius 1 is 0.821 bits per heavy atom. The summed E-state index contributed by atoms with van der Waals surface area (Å²) < 4.78 is 122. The van der Waals surface area contributed by atoms with E-state index in [2.05, 4.69) is 4.74 Å². The van der Waals surface area contributed by atoms with Crippen molar-refractivity contribution in [1.29, 1.82) is 0 Å². The normalized spacial score (nSPS) is 17.1. The highest BCUT2D eigenvalue weighted by Gasteiger charge is 2.42. The molecule has 0 saturated carbocycles. The molecule has 0 radical (unpaired) electrons. The summed E-state index contributed by atoms with van der Waals surface area (Å²) in [7, 11) is 0. The highest BCUT2D eigenvalue weighted by molar-refractivity contribution is 5.75. The highest BCUT2D eigenvalue weighted by atomic mass is 19.4. The minimum atomic E-state index is -5.22. The maximum Gasteiger partial charge on any atom is 0.573 e. The van der Waals surface area contributed by atoms with Crippen LogP contribution in [0.2, 0.25) is 0 Å². The van der Waals surface area contributed by atoms with E-state index in [4.69, 9.17) is 0 Å². The van der Waals surface area contributed by atoms with Gasteiger partial charge in [0, 0.05) is 13.1 Å². The number of benzene rings is 3. The van der Waals surface area contributed by atoms with Crippen LogP contribution in [0, 0.1) is 0 Å². The molecule has 3 aromatic carbocycles. The number of aliphatic hydroxyl groups is 1. The predicted molar refractivity (Wildman–Crippen MR) is 124 cm³/mol. The third kappa shape index (κ3) is 6.88. The van der Waals surface area contributed by atoms with Crippen molar-refractivity contribution in [2.75, 3.05) is 22.9 Å². The van der Waals surface area contributed by atoms with Gasteiger partial charge in [-0.2, -0.15) is 26.3 Å². The van der Waals surface area contributed by atoms with E-state index < -0.39 is 48.7 Å².